The number of nitrogens with one attached hydrogen (secondary N) is 1. The number of benzene rings is 2. The van der Waals surface area contributed by atoms with Crippen molar-refractivity contribution in [3.63, 3.8) is 0 Å². The summed E-state index contributed by atoms with van der Waals surface area (Å²) >= 11 is 0. The smallest absolute Gasteiger partial charge is 0.225 e. The minimum absolute atomic E-state index is 0.0287. The first-order valence-corrected chi connectivity index (χ1v) is 8.04. The number of hydrogen-bond donors (Lipinski definition) is 1. The van der Waals surface area contributed by atoms with E-state index >= 15 is 0 Å². The molecule has 3 rings (SSSR count). The minimum Gasteiger partial charge on any atom is -0.326 e. The fourth-order valence-electron chi connectivity index (χ4n) is 2.64. The average Bonchev–Trinajstić information content (AvgIpc) is 3.39. The van der Waals surface area contributed by atoms with Crippen LogP contribution in [-0.2, 0) is 11.3 Å². The van der Waals surface area contributed by atoms with Gasteiger partial charge in [0.2, 0.25) is 5.91 Å². The van der Waals surface area contributed by atoms with E-state index in [2.05, 4.69) is 10.2 Å². The van der Waals surface area contributed by atoms with Crippen molar-refractivity contribution in [1.82, 2.24) is 4.90 Å². The van der Waals surface area contributed by atoms with Gasteiger partial charge in [0, 0.05) is 31.2 Å². The Hall–Kier alpha value is -2.20. The zero-order valence-electron chi connectivity index (χ0n) is 13.0. The molecule has 0 aliphatic heterocycles. The van der Waals surface area contributed by atoms with Crippen LogP contribution < -0.4 is 5.32 Å². The van der Waals surface area contributed by atoms with Crippen molar-refractivity contribution in [3.05, 3.63) is 66.0 Å². The van der Waals surface area contributed by atoms with Crippen molar-refractivity contribution in [1.29, 1.82) is 0 Å². The molecule has 0 radical (unpaired) electrons. The van der Waals surface area contributed by atoms with Crippen molar-refractivity contribution in [2.24, 2.45) is 0 Å². The van der Waals surface area contributed by atoms with Gasteiger partial charge in [0.15, 0.2) is 0 Å². The number of carbonyl (C=O) groups excluding carboxylic acids is 1. The average molecular weight is 312 g/mol. The van der Waals surface area contributed by atoms with E-state index in [1.165, 1.54) is 25.0 Å². The van der Waals surface area contributed by atoms with E-state index in [4.69, 9.17) is 0 Å². The van der Waals surface area contributed by atoms with Crippen LogP contribution in [0.4, 0.5) is 10.1 Å². The summed E-state index contributed by atoms with van der Waals surface area (Å²) in [5, 5.41) is 2.91. The van der Waals surface area contributed by atoms with Gasteiger partial charge in [-0.1, -0.05) is 30.3 Å². The van der Waals surface area contributed by atoms with E-state index in [0.29, 0.717) is 12.5 Å². The summed E-state index contributed by atoms with van der Waals surface area (Å²) in [5.74, 6) is -0.185. The quantitative estimate of drug-likeness (QED) is 0.843. The van der Waals surface area contributed by atoms with E-state index in [1.807, 2.05) is 42.5 Å². The van der Waals surface area contributed by atoms with Crippen molar-refractivity contribution >= 4 is 11.6 Å². The molecule has 0 spiro atoms. The number of nitrogens with zero attached hydrogens (tertiary/aromatic N) is 1. The molecule has 1 aliphatic rings. The monoisotopic (exact) mass is 312 g/mol. The van der Waals surface area contributed by atoms with Crippen LogP contribution in [0.25, 0.3) is 0 Å². The van der Waals surface area contributed by atoms with Crippen molar-refractivity contribution in [2.45, 2.75) is 31.8 Å². The van der Waals surface area contributed by atoms with Crippen molar-refractivity contribution < 1.29 is 9.18 Å². The third kappa shape index (κ3) is 4.89. The molecule has 0 atom stereocenters. The maximum absolute atomic E-state index is 13.0. The SMILES string of the molecule is O=C(CCN(Cc1ccc(F)cc1)C1CC1)Nc1ccccc1. The molecule has 0 heterocycles. The Morgan fingerprint density at radius 2 is 1.78 bits per heavy atom. The Kier molecular flexibility index (Phi) is 5.03. The number of amides is 1. The molecule has 2 aromatic rings. The highest BCUT2D eigenvalue weighted by atomic mass is 19.1. The lowest BCUT2D eigenvalue weighted by molar-refractivity contribution is -0.116. The molecule has 0 unspecified atom stereocenters. The Bertz CT molecular complexity index is 638. The van der Waals surface area contributed by atoms with Crippen LogP contribution in [0.1, 0.15) is 24.8 Å². The molecule has 120 valence electrons. The molecule has 0 aromatic heterocycles. The molecular weight excluding hydrogens is 291 g/mol. The zero-order valence-corrected chi connectivity index (χ0v) is 13.0. The highest BCUT2D eigenvalue weighted by Crippen LogP contribution is 2.28. The summed E-state index contributed by atoms with van der Waals surface area (Å²) in [7, 11) is 0. The van der Waals surface area contributed by atoms with Crippen LogP contribution in [0.2, 0.25) is 0 Å². The van der Waals surface area contributed by atoms with Gasteiger partial charge >= 0.3 is 0 Å². The second kappa shape index (κ2) is 7.38. The van der Waals surface area contributed by atoms with Gasteiger partial charge in [-0.25, -0.2) is 4.39 Å². The van der Waals surface area contributed by atoms with Crippen LogP contribution in [0.5, 0.6) is 0 Å². The molecule has 0 bridgehead atoms. The zero-order chi connectivity index (χ0) is 16.1. The highest BCUT2D eigenvalue weighted by Gasteiger charge is 2.29. The van der Waals surface area contributed by atoms with E-state index in [1.54, 1.807) is 0 Å². The molecule has 1 amide bonds. The predicted octanol–water partition coefficient (Wildman–Crippen LogP) is 3.82. The lowest BCUT2D eigenvalue weighted by Crippen LogP contribution is -2.29. The van der Waals surface area contributed by atoms with Gasteiger partial charge < -0.3 is 5.32 Å². The van der Waals surface area contributed by atoms with Crippen LogP contribution in [-0.4, -0.2) is 23.4 Å². The number of anilines is 1. The maximum atomic E-state index is 13.0. The molecule has 23 heavy (non-hydrogen) atoms. The fourth-order valence-corrected chi connectivity index (χ4v) is 2.64. The molecule has 0 saturated heterocycles. The minimum atomic E-state index is -0.214. The maximum Gasteiger partial charge on any atom is 0.225 e. The molecule has 3 nitrogen and oxygen atoms in total. The molecule has 1 fully saturated rings. The normalized spacial score (nSPS) is 14.0. The molecule has 1 aliphatic carbocycles. The van der Waals surface area contributed by atoms with Crippen LogP contribution >= 0.6 is 0 Å². The summed E-state index contributed by atoms with van der Waals surface area (Å²) in [6.45, 7) is 1.49. The largest absolute Gasteiger partial charge is 0.326 e. The lowest BCUT2D eigenvalue weighted by atomic mass is 10.2. The van der Waals surface area contributed by atoms with E-state index in [9.17, 15) is 9.18 Å². The van der Waals surface area contributed by atoms with E-state index in [0.717, 1.165) is 24.3 Å². The first-order chi connectivity index (χ1) is 11.2. The van der Waals surface area contributed by atoms with Gasteiger partial charge in [0.1, 0.15) is 5.82 Å². The summed E-state index contributed by atoms with van der Waals surface area (Å²) in [6.07, 6.45) is 2.83. The lowest BCUT2D eigenvalue weighted by Gasteiger charge is -2.21. The Morgan fingerprint density at radius 1 is 1.09 bits per heavy atom. The standard InChI is InChI=1S/C19H21FN2O/c20-16-8-6-15(7-9-16)14-22(18-10-11-18)13-12-19(23)21-17-4-2-1-3-5-17/h1-9,18H,10-14H2,(H,21,23). The Morgan fingerprint density at radius 3 is 2.43 bits per heavy atom. The van der Waals surface area contributed by atoms with E-state index < -0.39 is 0 Å². The topological polar surface area (TPSA) is 32.3 Å². The number of hydrogen-bond acceptors (Lipinski definition) is 2. The summed E-state index contributed by atoms with van der Waals surface area (Å²) in [5.41, 5.74) is 1.91. The Balaban J connectivity index is 1.51. The van der Waals surface area contributed by atoms with Gasteiger partial charge in [0.25, 0.3) is 0 Å². The third-order valence-electron chi connectivity index (χ3n) is 4.05. The van der Waals surface area contributed by atoms with Crippen LogP contribution in [0, 0.1) is 5.82 Å². The molecular formula is C19H21FN2O. The Labute approximate surface area is 136 Å². The first kappa shape index (κ1) is 15.7. The molecule has 1 N–H and O–H groups in total. The molecule has 2 aromatic carbocycles. The summed E-state index contributed by atoms with van der Waals surface area (Å²) < 4.78 is 13.0. The summed E-state index contributed by atoms with van der Waals surface area (Å²) in [4.78, 5) is 14.4. The van der Waals surface area contributed by atoms with Crippen molar-refractivity contribution in [2.75, 3.05) is 11.9 Å². The number of carbonyl (C=O) groups is 1. The number of halogens is 1. The first-order valence-electron chi connectivity index (χ1n) is 8.04. The van der Waals surface area contributed by atoms with Gasteiger partial charge in [-0.2, -0.15) is 0 Å². The number of rotatable bonds is 7. The van der Waals surface area contributed by atoms with Crippen molar-refractivity contribution in [3.8, 4) is 0 Å². The predicted molar refractivity (Wildman–Crippen MR) is 89.5 cm³/mol. The molecule has 1 saturated carbocycles. The van der Waals surface area contributed by atoms with E-state index in [-0.39, 0.29) is 11.7 Å². The third-order valence-corrected chi connectivity index (χ3v) is 4.05. The summed E-state index contributed by atoms with van der Waals surface area (Å²) in [6, 6.07) is 16.7. The fraction of sp³-hybridized carbons (Fsp3) is 0.316. The highest BCUT2D eigenvalue weighted by molar-refractivity contribution is 5.90. The van der Waals surface area contributed by atoms with Crippen LogP contribution in [0.15, 0.2) is 54.6 Å². The second-order valence-corrected chi connectivity index (χ2v) is 5.99. The molecule has 4 heteroatoms. The van der Waals surface area contributed by atoms with Gasteiger partial charge in [-0.3, -0.25) is 9.69 Å². The van der Waals surface area contributed by atoms with Gasteiger partial charge in [-0.15, -0.1) is 0 Å². The van der Waals surface area contributed by atoms with Crippen LogP contribution in [0.3, 0.4) is 0 Å². The van der Waals surface area contributed by atoms with Gasteiger partial charge in [-0.05, 0) is 42.7 Å². The van der Waals surface area contributed by atoms with Gasteiger partial charge in [0.05, 0.1) is 0 Å². The number of para-hydroxylation sites is 1. The second-order valence-electron chi connectivity index (χ2n) is 5.99.